The number of amides is 2. The Labute approximate surface area is 172 Å². The number of hydrogen-bond acceptors (Lipinski definition) is 4. The number of benzene rings is 3. The van der Waals surface area contributed by atoms with Crippen LogP contribution < -0.4 is 10.6 Å². The van der Waals surface area contributed by atoms with E-state index in [1.54, 1.807) is 42.5 Å². The van der Waals surface area contributed by atoms with Gasteiger partial charge in [-0.05, 0) is 24.3 Å². The summed E-state index contributed by atoms with van der Waals surface area (Å²) in [6.07, 6.45) is -0.291. The molecule has 148 valence electrons. The molecule has 7 nitrogen and oxygen atoms in total. The molecule has 0 unspecified atom stereocenters. The Balaban J connectivity index is 1.71. The number of carbonyl (C=O) groups is 2. The summed E-state index contributed by atoms with van der Waals surface area (Å²) in [5.74, 6) is -1.12. The van der Waals surface area contributed by atoms with Crippen molar-refractivity contribution in [1.82, 2.24) is 4.57 Å². The topological polar surface area (TPSA) is 107 Å². The first-order valence-electron chi connectivity index (χ1n) is 9.27. The summed E-state index contributed by atoms with van der Waals surface area (Å²) in [5, 5.41) is 26.3. The second-order valence-corrected chi connectivity index (χ2v) is 6.85. The van der Waals surface area contributed by atoms with Gasteiger partial charge in [-0.3, -0.25) is 9.59 Å². The molecular weight excluding hydrogens is 380 g/mol. The monoisotopic (exact) mass is 398 g/mol. The van der Waals surface area contributed by atoms with Gasteiger partial charge >= 0.3 is 0 Å². The van der Waals surface area contributed by atoms with E-state index >= 15 is 0 Å². The molecule has 0 spiro atoms. The van der Waals surface area contributed by atoms with E-state index in [9.17, 15) is 14.7 Å². The Morgan fingerprint density at radius 2 is 1.63 bits per heavy atom. The lowest BCUT2D eigenvalue weighted by Crippen LogP contribution is -2.16. The number of phenols is 1. The van der Waals surface area contributed by atoms with Crippen LogP contribution in [0.5, 0.6) is 5.75 Å². The van der Waals surface area contributed by atoms with Crippen molar-refractivity contribution >= 4 is 45.0 Å². The van der Waals surface area contributed by atoms with Crippen molar-refractivity contribution in [3.63, 3.8) is 0 Å². The molecule has 0 aliphatic carbocycles. The summed E-state index contributed by atoms with van der Waals surface area (Å²) in [6.45, 7) is 0. The molecular formula is C23H18N4O3. The number of aromatic nitrogens is 1. The van der Waals surface area contributed by atoms with Gasteiger partial charge in [0.1, 0.15) is 12.2 Å². The minimum atomic E-state index is -0.510. The number of para-hydroxylation sites is 3. The fourth-order valence-corrected chi connectivity index (χ4v) is 3.53. The van der Waals surface area contributed by atoms with Gasteiger partial charge in [0.15, 0.2) is 0 Å². The van der Waals surface area contributed by atoms with Gasteiger partial charge in [0.2, 0.25) is 5.91 Å². The van der Waals surface area contributed by atoms with Crippen LogP contribution in [0.1, 0.15) is 16.8 Å². The van der Waals surface area contributed by atoms with Crippen LogP contribution in [0.4, 0.5) is 11.4 Å². The Kier molecular flexibility index (Phi) is 4.82. The summed E-state index contributed by atoms with van der Waals surface area (Å²) in [7, 11) is 1.91. The number of nitriles is 1. The fraction of sp³-hybridized carbons (Fsp3) is 0.0870. The number of aryl methyl sites for hydroxylation is 1. The van der Waals surface area contributed by atoms with E-state index in [-0.39, 0.29) is 17.7 Å². The van der Waals surface area contributed by atoms with Crippen LogP contribution in [-0.4, -0.2) is 21.5 Å². The van der Waals surface area contributed by atoms with Gasteiger partial charge in [-0.15, -0.1) is 0 Å². The summed E-state index contributed by atoms with van der Waals surface area (Å²) in [4.78, 5) is 24.7. The van der Waals surface area contributed by atoms with Crippen LogP contribution in [0.2, 0.25) is 0 Å². The number of rotatable bonds is 4. The predicted molar refractivity (Wildman–Crippen MR) is 115 cm³/mol. The number of phenolic OH excluding ortho intramolecular Hbond substituents is 1. The summed E-state index contributed by atoms with van der Waals surface area (Å²) < 4.78 is 1.96. The number of nitrogens with zero attached hydrogens (tertiary/aromatic N) is 2. The van der Waals surface area contributed by atoms with Gasteiger partial charge < -0.3 is 20.3 Å². The highest BCUT2D eigenvalue weighted by molar-refractivity contribution is 6.15. The maximum absolute atomic E-state index is 12.9. The Morgan fingerprint density at radius 1 is 0.967 bits per heavy atom. The van der Waals surface area contributed by atoms with Gasteiger partial charge in [0.05, 0.1) is 28.5 Å². The second kappa shape index (κ2) is 7.60. The van der Waals surface area contributed by atoms with Gasteiger partial charge in [-0.25, -0.2) is 0 Å². The first kappa shape index (κ1) is 19.0. The maximum atomic E-state index is 12.9. The molecule has 30 heavy (non-hydrogen) atoms. The van der Waals surface area contributed by atoms with Gasteiger partial charge in [-0.2, -0.15) is 5.26 Å². The van der Waals surface area contributed by atoms with E-state index in [0.29, 0.717) is 11.4 Å². The molecule has 0 atom stereocenters. The summed E-state index contributed by atoms with van der Waals surface area (Å²) in [5.41, 5.74) is 2.67. The number of nitrogens with one attached hydrogen (secondary N) is 2. The molecule has 0 saturated carbocycles. The third-order valence-corrected chi connectivity index (χ3v) is 4.96. The normalized spacial score (nSPS) is 10.7. The van der Waals surface area contributed by atoms with Crippen LogP contribution >= 0.6 is 0 Å². The molecule has 4 rings (SSSR count). The summed E-state index contributed by atoms with van der Waals surface area (Å²) in [6, 6.07) is 19.5. The SMILES string of the molecule is Cn1c2ccccc2c2cc(C(=O)Nc3ccccc3NC(=O)CC#N)c(O)cc21. The smallest absolute Gasteiger partial charge is 0.259 e. The maximum Gasteiger partial charge on any atom is 0.259 e. The molecule has 0 fully saturated rings. The van der Waals surface area contributed by atoms with Gasteiger partial charge in [0.25, 0.3) is 5.91 Å². The molecule has 3 aromatic carbocycles. The zero-order valence-electron chi connectivity index (χ0n) is 16.1. The lowest BCUT2D eigenvalue weighted by molar-refractivity contribution is -0.115. The average Bonchev–Trinajstić information content (AvgIpc) is 3.01. The quantitative estimate of drug-likeness (QED) is 0.480. The standard InChI is InChI=1S/C23H18N4O3/c1-27-19-9-5-2-6-14(19)15-12-16(21(28)13-20(15)27)23(30)26-18-8-4-3-7-17(18)25-22(29)10-11-24/h2-9,12-13,28H,10H2,1H3,(H,25,29)(H,26,30). The van der Waals surface area contributed by atoms with Crippen molar-refractivity contribution in [3.05, 3.63) is 66.2 Å². The minimum absolute atomic E-state index is 0.122. The van der Waals surface area contributed by atoms with Gasteiger partial charge in [0, 0.05) is 29.4 Å². The number of hydrogen-bond donors (Lipinski definition) is 3. The highest BCUT2D eigenvalue weighted by Gasteiger charge is 2.18. The Hall–Kier alpha value is -4.31. The number of anilines is 2. The zero-order chi connectivity index (χ0) is 21.3. The van der Waals surface area contributed by atoms with E-state index in [1.165, 1.54) is 0 Å². The molecule has 1 heterocycles. The van der Waals surface area contributed by atoms with Crippen LogP contribution in [0.15, 0.2) is 60.7 Å². The molecule has 0 aliphatic rings. The molecule has 3 N–H and O–H groups in total. The van der Waals surface area contributed by atoms with E-state index in [2.05, 4.69) is 10.6 Å². The minimum Gasteiger partial charge on any atom is -0.507 e. The third-order valence-electron chi connectivity index (χ3n) is 4.96. The molecule has 7 heteroatoms. The molecule has 0 bridgehead atoms. The van der Waals surface area contributed by atoms with E-state index in [0.717, 1.165) is 21.8 Å². The number of fused-ring (bicyclic) bond motifs is 3. The van der Waals surface area contributed by atoms with Crippen LogP contribution in [0.25, 0.3) is 21.8 Å². The summed E-state index contributed by atoms with van der Waals surface area (Å²) >= 11 is 0. The fourth-order valence-electron chi connectivity index (χ4n) is 3.53. The average molecular weight is 398 g/mol. The highest BCUT2D eigenvalue weighted by Crippen LogP contribution is 2.33. The van der Waals surface area contributed by atoms with Crippen molar-refractivity contribution in [3.8, 4) is 11.8 Å². The molecule has 1 aromatic heterocycles. The van der Waals surface area contributed by atoms with E-state index in [4.69, 9.17) is 5.26 Å². The van der Waals surface area contributed by atoms with E-state index in [1.807, 2.05) is 35.9 Å². The lowest BCUT2D eigenvalue weighted by Gasteiger charge is -2.12. The Bertz CT molecular complexity index is 1350. The number of carbonyl (C=O) groups excluding carboxylic acids is 2. The van der Waals surface area contributed by atoms with Crippen LogP contribution in [0, 0.1) is 11.3 Å². The van der Waals surface area contributed by atoms with Crippen molar-refractivity contribution in [2.45, 2.75) is 6.42 Å². The van der Waals surface area contributed by atoms with Crippen molar-refractivity contribution < 1.29 is 14.7 Å². The van der Waals surface area contributed by atoms with Crippen molar-refractivity contribution in [2.75, 3.05) is 10.6 Å². The third kappa shape index (κ3) is 3.31. The highest BCUT2D eigenvalue weighted by atomic mass is 16.3. The van der Waals surface area contributed by atoms with E-state index < -0.39 is 11.8 Å². The largest absolute Gasteiger partial charge is 0.507 e. The van der Waals surface area contributed by atoms with Crippen molar-refractivity contribution in [2.24, 2.45) is 7.05 Å². The Morgan fingerprint density at radius 3 is 2.37 bits per heavy atom. The molecule has 2 amide bonds. The molecule has 4 aromatic rings. The van der Waals surface area contributed by atoms with Crippen LogP contribution in [-0.2, 0) is 11.8 Å². The second-order valence-electron chi connectivity index (χ2n) is 6.85. The van der Waals surface area contributed by atoms with Crippen molar-refractivity contribution in [1.29, 1.82) is 5.26 Å². The molecule has 0 radical (unpaired) electrons. The van der Waals surface area contributed by atoms with Crippen LogP contribution in [0.3, 0.4) is 0 Å². The molecule has 0 saturated heterocycles. The predicted octanol–water partition coefficient (Wildman–Crippen LogP) is 4.14. The van der Waals surface area contributed by atoms with Gasteiger partial charge in [-0.1, -0.05) is 30.3 Å². The lowest BCUT2D eigenvalue weighted by atomic mass is 10.1. The molecule has 0 aliphatic heterocycles. The first-order chi connectivity index (χ1) is 14.5. The first-order valence-corrected chi connectivity index (χ1v) is 9.27. The zero-order valence-corrected chi connectivity index (χ0v) is 16.1. The number of aromatic hydroxyl groups is 1.